The summed E-state index contributed by atoms with van der Waals surface area (Å²) < 4.78 is 52.4. The zero-order valence-corrected chi connectivity index (χ0v) is 14.5. The SMILES string of the molecule is O=C1Cc2ncc(-c3cccc(C(F)(F)F)c3)cc2N1Cc1cccc(F)c1. The number of carbonyl (C=O) groups excluding carboxylic acids is 1. The maximum Gasteiger partial charge on any atom is 0.416 e. The summed E-state index contributed by atoms with van der Waals surface area (Å²) in [6.07, 6.45) is -2.87. The molecule has 2 aromatic carbocycles. The first-order valence-electron chi connectivity index (χ1n) is 8.52. The Kier molecular flexibility index (Phi) is 4.37. The summed E-state index contributed by atoms with van der Waals surface area (Å²) in [6, 6.07) is 12.5. The average Bonchev–Trinajstić information content (AvgIpc) is 2.96. The number of alkyl halides is 3. The Morgan fingerprint density at radius 3 is 2.54 bits per heavy atom. The third-order valence-corrected chi connectivity index (χ3v) is 4.61. The van der Waals surface area contributed by atoms with Crippen molar-refractivity contribution in [2.75, 3.05) is 4.90 Å². The van der Waals surface area contributed by atoms with Crippen molar-refractivity contribution in [3.63, 3.8) is 0 Å². The van der Waals surface area contributed by atoms with Gasteiger partial charge >= 0.3 is 6.18 Å². The van der Waals surface area contributed by atoms with Crippen LogP contribution in [0.4, 0.5) is 23.2 Å². The van der Waals surface area contributed by atoms with Gasteiger partial charge in [0.1, 0.15) is 5.82 Å². The van der Waals surface area contributed by atoms with E-state index in [9.17, 15) is 22.4 Å². The molecule has 4 rings (SSSR count). The largest absolute Gasteiger partial charge is 0.416 e. The molecule has 0 bridgehead atoms. The Morgan fingerprint density at radius 2 is 1.79 bits per heavy atom. The summed E-state index contributed by atoms with van der Waals surface area (Å²) in [4.78, 5) is 18.1. The van der Waals surface area contributed by atoms with E-state index in [-0.39, 0.29) is 18.9 Å². The molecule has 28 heavy (non-hydrogen) atoms. The topological polar surface area (TPSA) is 33.2 Å². The molecule has 0 fully saturated rings. The predicted octanol–water partition coefficient (Wildman–Crippen LogP) is 5.00. The molecule has 142 valence electrons. The van der Waals surface area contributed by atoms with E-state index < -0.39 is 17.6 Å². The highest BCUT2D eigenvalue weighted by Gasteiger charge is 2.31. The van der Waals surface area contributed by atoms with E-state index in [0.29, 0.717) is 28.1 Å². The zero-order chi connectivity index (χ0) is 19.9. The smallest absolute Gasteiger partial charge is 0.306 e. The maximum atomic E-state index is 13.4. The number of amides is 1. The summed E-state index contributed by atoms with van der Waals surface area (Å²) in [6.45, 7) is 0.164. The molecule has 1 aliphatic rings. The molecule has 1 amide bonds. The summed E-state index contributed by atoms with van der Waals surface area (Å²) in [5.41, 5.74) is 1.78. The molecule has 3 nitrogen and oxygen atoms in total. The second-order valence-electron chi connectivity index (χ2n) is 6.55. The van der Waals surface area contributed by atoms with Gasteiger partial charge in [0, 0.05) is 11.8 Å². The zero-order valence-electron chi connectivity index (χ0n) is 14.5. The van der Waals surface area contributed by atoms with Crippen LogP contribution in [0.3, 0.4) is 0 Å². The minimum atomic E-state index is -4.44. The van der Waals surface area contributed by atoms with Gasteiger partial charge < -0.3 is 4.90 Å². The van der Waals surface area contributed by atoms with Crippen molar-refractivity contribution in [2.45, 2.75) is 19.1 Å². The predicted molar refractivity (Wildman–Crippen MR) is 96.0 cm³/mol. The number of anilines is 1. The number of pyridine rings is 1. The standard InChI is InChI=1S/C21H14F4N2O/c22-17-6-1-3-13(7-17)12-27-19-9-15(11-26-18(19)10-20(27)28)14-4-2-5-16(8-14)21(23,24)25/h1-9,11H,10,12H2. The second kappa shape index (κ2) is 6.74. The summed E-state index contributed by atoms with van der Waals surface area (Å²) in [7, 11) is 0. The molecule has 0 aliphatic carbocycles. The highest BCUT2D eigenvalue weighted by molar-refractivity contribution is 6.01. The third-order valence-electron chi connectivity index (χ3n) is 4.61. The Hall–Kier alpha value is -3.22. The number of nitrogens with zero attached hydrogens (tertiary/aromatic N) is 2. The summed E-state index contributed by atoms with van der Waals surface area (Å²) in [5.74, 6) is -0.590. The molecule has 0 saturated heterocycles. The van der Waals surface area contributed by atoms with Crippen LogP contribution in [-0.4, -0.2) is 10.9 Å². The van der Waals surface area contributed by atoms with Crippen LogP contribution in [-0.2, 0) is 23.9 Å². The third kappa shape index (κ3) is 3.47. The van der Waals surface area contributed by atoms with Crippen molar-refractivity contribution < 1.29 is 22.4 Å². The van der Waals surface area contributed by atoms with Gasteiger partial charge in [0.2, 0.25) is 5.91 Å². The Morgan fingerprint density at radius 1 is 1.00 bits per heavy atom. The van der Waals surface area contributed by atoms with Gasteiger partial charge in [-0.1, -0.05) is 24.3 Å². The molecule has 0 radical (unpaired) electrons. The first kappa shape index (κ1) is 18.2. The van der Waals surface area contributed by atoms with Crippen LogP contribution in [0, 0.1) is 5.82 Å². The van der Waals surface area contributed by atoms with Crippen LogP contribution in [0.2, 0.25) is 0 Å². The van der Waals surface area contributed by atoms with Gasteiger partial charge in [-0.25, -0.2) is 4.39 Å². The van der Waals surface area contributed by atoms with Crippen LogP contribution in [0.25, 0.3) is 11.1 Å². The van der Waals surface area contributed by atoms with Crippen molar-refractivity contribution in [3.05, 3.63) is 83.4 Å². The lowest BCUT2D eigenvalue weighted by Crippen LogP contribution is -2.26. The lowest BCUT2D eigenvalue weighted by atomic mass is 10.0. The summed E-state index contributed by atoms with van der Waals surface area (Å²) >= 11 is 0. The number of fused-ring (bicyclic) bond motifs is 1. The minimum Gasteiger partial charge on any atom is -0.306 e. The molecule has 0 spiro atoms. The molecule has 0 saturated carbocycles. The van der Waals surface area contributed by atoms with Gasteiger partial charge in [-0.3, -0.25) is 9.78 Å². The van der Waals surface area contributed by atoms with Crippen LogP contribution in [0.1, 0.15) is 16.8 Å². The number of halogens is 4. The normalized spacial score (nSPS) is 13.7. The fourth-order valence-electron chi connectivity index (χ4n) is 3.25. The Labute approximate surface area is 158 Å². The Bertz CT molecular complexity index is 1060. The van der Waals surface area contributed by atoms with Gasteiger partial charge in [0.05, 0.1) is 29.9 Å². The number of benzene rings is 2. The van der Waals surface area contributed by atoms with Gasteiger partial charge in [-0.15, -0.1) is 0 Å². The minimum absolute atomic E-state index is 0.105. The van der Waals surface area contributed by atoms with E-state index in [0.717, 1.165) is 12.1 Å². The first-order chi connectivity index (χ1) is 13.3. The molecule has 0 N–H and O–H groups in total. The van der Waals surface area contributed by atoms with Gasteiger partial charge in [0.25, 0.3) is 0 Å². The van der Waals surface area contributed by atoms with E-state index in [1.165, 1.54) is 29.3 Å². The number of hydrogen-bond donors (Lipinski definition) is 0. The van der Waals surface area contributed by atoms with Crippen LogP contribution in [0.5, 0.6) is 0 Å². The first-order valence-corrected chi connectivity index (χ1v) is 8.52. The van der Waals surface area contributed by atoms with E-state index in [1.807, 2.05) is 0 Å². The van der Waals surface area contributed by atoms with Crippen LogP contribution < -0.4 is 4.90 Å². The van der Waals surface area contributed by atoms with E-state index >= 15 is 0 Å². The molecule has 1 aliphatic heterocycles. The monoisotopic (exact) mass is 386 g/mol. The number of aromatic nitrogens is 1. The number of rotatable bonds is 3. The molecule has 3 aromatic rings. The fraction of sp³-hybridized carbons (Fsp3) is 0.143. The Balaban J connectivity index is 1.70. The maximum absolute atomic E-state index is 13.4. The molecular weight excluding hydrogens is 372 g/mol. The molecule has 0 unspecified atom stereocenters. The van der Waals surface area contributed by atoms with Crippen molar-refractivity contribution in [2.24, 2.45) is 0 Å². The van der Waals surface area contributed by atoms with Crippen molar-refractivity contribution in [3.8, 4) is 11.1 Å². The van der Waals surface area contributed by atoms with E-state index in [4.69, 9.17) is 0 Å². The molecule has 2 heterocycles. The number of hydrogen-bond acceptors (Lipinski definition) is 2. The van der Waals surface area contributed by atoms with Crippen LogP contribution in [0.15, 0.2) is 60.8 Å². The van der Waals surface area contributed by atoms with E-state index in [1.54, 1.807) is 24.3 Å². The van der Waals surface area contributed by atoms with Gasteiger partial charge in [-0.2, -0.15) is 13.2 Å². The highest BCUT2D eigenvalue weighted by Crippen LogP contribution is 2.35. The van der Waals surface area contributed by atoms with Crippen molar-refractivity contribution in [1.82, 2.24) is 4.98 Å². The lowest BCUT2D eigenvalue weighted by molar-refractivity contribution is -0.137. The molecule has 1 aromatic heterocycles. The van der Waals surface area contributed by atoms with Crippen LogP contribution >= 0.6 is 0 Å². The molecular formula is C21H14F4N2O. The highest BCUT2D eigenvalue weighted by atomic mass is 19.4. The van der Waals surface area contributed by atoms with Crippen molar-refractivity contribution >= 4 is 11.6 Å². The van der Waals surface area contributed by atoms with Gasteiger partial charge in [-0.05, 0) is 41.5 Å². The van der Waals surface area contributed by atoms with E-state index in [2.05, 4.69) is 4.98 Å². The molecule has 0 atom stereocenters. The second-order valence-corrected chi connectivity index (χ2v) is 6.55. The molecule has 7 heteroatoms. The average molecular weight is 386 g/mol. The number of carbonyl (C=O) groups is 1. The quantitative estimate of drug-likeness (QED) is 0.594. The fourth-order valence-corrected chi connectivity index (χ4v) is 3.25. The van der Waals surface area contributed by atoms with Crippen molar-refractivity contribution in [1.29, 1.82) is 0 Å². The summed E-state index contributed by atoms with van der Waals surface area (Å²) in [5, 5.41) is 0. The van der Waals surface area contributed by atoms with Gasteiger partial charge in [0.15, 0.2) is 0 Å². The lowest BCUT2D eigenvalue weighted by Gasteiger charge is -2.18.